The third kappa shape index (κ3) is 5.93. The number of piperidine rings is 1. The van der Waals surface area contributed by atoms with Gasteiger partial charge >= 0.3 is 24.4 Å². The minimum atomic E-state index is -5.04. The van der Waals surface area contributed by atoms with Crippen molar-refractivity contribution in [1.29, 1.82) is 0 Å². The first-order valence-electron chi connectivity index (χ1n) is 13.4. The first-order chi connectivity index (χ1) is 19.4. The fourth-order valence-electron chi connectivity index (χ4n) is 6.33. The predicted octanol–water partition coefficient (Wildman–Crippen LogP) is 7.04. The Hall–Kier alpha value is -3.35. The number of benzene rings is 2. The molecule has 2 saturated heterocycles. The molecule has 0 saturated carbocycles. The molecule has 230 valence electrons. The van der Waals surface area contributed by atoms with Crippen molar-refractivity contribution in [2.24, 2.45) is 0 Å². The summed E-state index contributed by atoms with van der Waals surface area (Å²) in [6.45, 7) is 3.16. The van der Waals surface area contributed by atoms with E-state index in [1.54, 1.807) is 24.9 Å². The van der Waals surface area contributed by atoms with Gasteiger partial charge in [-0.05, 0) is 93.6 Å². The number of aliphatic carboxylic acids is 1. The number of hydrogen-bond donors (Lipinski definition) is 1. The molecule has 2 unspecified atom stereocenters. The molecule has 6 nitrogen and oxygen atoms in total. The second-order valence-electron chi connectivity index (χ2n) is 11.3. The van der Waals surface area contributed by atoms with Crippen LogP contribution in [0.4, 0.5) is 35.5 Å². The lowest BCUT2D eigenvalue weighted by Crippen LogP contribution is -2.57. The molecule has 2 aromatic rings. The van der Waals surface area contributed by atoms with Gasteiger partial charge in [-0.25, -0.2) is 9.18 Å². The topological polar surface area (TPSA) is 64.1 Å². The summed E-state index contributed by atoms with van der Waals surface area (Å²) in [7, 11) is 3.03. The molecule has 42 heavy (non-hydrogen) atoms. The third-order valence-electron chi connectivity index (χ3n) is 8.96. The molecule has 2 fully saturated rings. The fourth-order valence-corrected chi connectivity index (χ4v) is 6.33. The Balaban J connectivity index is 1.70. The van der Waals surface area contributed by atoms with E-state index in [1.165, 1.54) is 31.0 Å². The van der Waals surface area contributed by atoms with Gasteiger partial charge in [-0.1, -0.05) is 6.07 Å². The van der Waals surface area contributed by atoms with Crippen LogP contribution in [0, 0.1) is 12.7 Å². The van der Waals surface area contributed by atoms with E-state index in [1.807, 2.05) is 0 Å². The first-order valence-corrected chi connectivity index (χ1v) is 13.4. The van der Waals surface area contributed by atoms with Gasteiger partial charge in [0.2, 0.25) is 0 Å². The molecule has 0 radical (unpaired) electrons. The van der Waals surface area contributed by atoms with E-state index < -0.39 is 65.0 Å². The maximum Gasteiger partial charge on any atom is 0.416 e. The van der Waals surface area contributed by atoms with Crippen molar-refractivity contribution in [1.82, 2.24) is 14.7 Å². The van der Waals surface area contributed by atoms with Gasteiger partial charge < -0.3 is 14.9 Å². The van der Waals surface area contributed by atoms with Crippen LogP contribution in [0.15, 0.2) is 36.4 Å². The van der Waals surface area contributed by atoms with Gasteiger partial charge in [-0.15, -0.1) is 0 Å². The lowest BCUT2D eigenvalue weighted by Gasteiger charge is -2.50. The van der Waals surface area contributed by atoms with E-state index >= 15 is 0 Å². The summed E-state index contributed by atoms with van der Waals surface area (Å²) in [4.78, 5) is 30.1. The van der Waals surface area contributed by atoms with Gasteiger partial charge in [-0.3, -0.25) is 9.69 Å². The number of aryl methyl sites for hydroxylation is 1. The Morgan fingerprint density at radius 3 is 2.12 bits per heavy atom. The number of alkyl halides is 6. The van der Waals surface area contributed by atoms with Crippen LogP contribution in [0.2, 0.25) is 0 Å². The number of halogens is 7. The second-order valence-corrected chi connectivity index (χ2v) is 11.3. The van der Waals surface area contributed by atoms with E-state index in [0.717, 1.165) is 4.90 Å². The highest BCUT2D eigenvalue weighted by Gasteiger charge is 2.52. The van der Waals surface area contributed by atoms with Gasteiger partial charge in [0.05, 0.1) is 23.2 Å². The van der Waals surface area contributed by atoms with E-state index in [0.29, 0.717) is 48.9 Å². The Kier molecular flexibility index (Phi) is 8.31. The number of likely N-dealkylation sites (N-methyl/N-ethyl adjacent to an activating group) is 1. The average Bonchev–Trinajstić information content (AvgIpc) is 3.21. The van der Waals surface area contributed by atoms with Crippen molar-refractivity contribution in [2.75, 3.05) is 20.6 Å². The molecule has 2 aliphatic heterocycles. The maximum absolute atomic E-state index is 14.0. The summed E-state index contributed by atoms with van der Waals surface area (Å²) in [5, 5.41) is 9.68. The quantitative estimate of drug-likeness (QED) is 0.381. The molecule has 4 atom stereocenters. The molecule has 2 heterocycles. The van der Waals surface area contributed by atoms with Crippen molar-refractivity contribution in [3.8, 4) is 0 Å². The Morgan fingerprint density at radius 2 is 1.62 bits per heavy atom. The van der Waals surface area contributed by atoms with Gasteiger partial charge in [0.25, 0.3) is 0 Å². The number of nitrogens with zero attached hydrogens (tertiary/aromatic N) is 3. The number of carbonyl (C=O) groups excluding carboxylic acids is 1. The zero-order valence-corrected chi connectivity index (χ0v) is 23.5. The molecule has 13 heteroatoms. The van der Waals surface area contributed by atoms with Crippen molar-refractivity contribution in [3.63, 3.8) is 0 Å². The van der Waals surface area contributed by atoms with Crippen LogP contribution in [-0.4, -0.2) is 64.0 Å². The van der Waals surface area contributed by atoms with Gasteiger partial charge in [0.15, 0.2) is 0 Å². The van der Waals surface area contributed by atoms with Crippen molar-refractivity contribution in [2.45, 2.75) is 75.5 Å². The van der Waals surface area contributed by atoms with E-state index in [9.17, 15) is 45.4 Å². The number of likely N-dealkylation sites (tertiary alicyclic amines) is 2. The molecule has 0 aliphatic carbocycles. The molecule has 4 rings (SSSR count). The highest BCUT2D eigenvalue weighted by atomic mass is 19.4. The molecule has 0 bridgehead atoms. The molecular weight excluding hydrogens is 571 g/mol. The van der Waals surface area contributed by atoms with Gasteiger partial charge in [-0.2, -0.15) is 26.3 Å². The normalized spacial score (nSPS) is 24.2. The third-order valence-corrected chi connectivity index (χ3v) is 8.96. The van der Waals surface area contributed by atoms with Crippen LogP contribution in [0.5, 0.6) is 0 Å². The van der Waals surface area contributed by atoms with Crippen LogP contribution in [0.3, 0.4) is 0 Å². The van der Waals surface area contributed by atoms with Crippen LogP contribution in [0.1, 0.15) is 72.5 Å². The number of rotatable bonds is 4. The minimum absolute atomic E-state index is 0.0396. The van der Waals surface area contributed by atoms with Crippen molar-refractivity contribution in [3.05, 3.63) is 70.0 Å². The van der Waals surface area contributed by atoms with E-state index in [4.69, 9.17) is 0 Å². The van der Waals surface area contributed by atoms with Crippen LogP contribution in [0.25, 0.3) is 0 Å². The maximum atomic E-state index is 14.0. The zero-order chi connectivity index (χ0) is 31.4. The lowest BCUT2D eigenvalue weighted by atomic mass is 9.78. The molecule has 1 spiro atoms. The number of carbonyl (C=O) groups is 2. The lowest BCUT2D eigenvalue weighted by molar-refractivity contribution is -0.144. The number of hydrogen-bond acceptors (Lipinski definition) is 3. The molecule has 1 N–H and O–H groups in total. The van der Waals surface area contributed by atoms with Crippen LogP contribution >= 0.6 is 0 Å². The average molecular weight is 604 g/mol. The van der Waals surface area contributed by atoms with Crippen LogP contribution < -0.4 is 0 Å². The number of carboxylic acids is 1. The van der Waals surface area contributed by atoms with Crippen molar-refractivity contribution >= 4 is 12.0 Å². The van der Waals surface area contributed by atoms with E-state index in [-0.39, 0.29) is 18.2 Å². The summed E-state index contributed by atoms with van der Waals surface area (Å²) in [5.41, 5.74) is -2.69. The summed E-state index contributed by atoms with van der Waals surface area (Å²) in [6.07, 6.45) is -8.40. The van der Waals surface area contributed by atoms with Crippen LogP contribution in [-0.2, 0) is 17.1 Å². The number of amides is 2. The minimum Gasteiger partial charge on any atom is -0.480 e. The van der Waals surface area contributed by atoms with E-state index in [2.05, 4.69) is 0 Å². The molecule has 0 aromatic heterocycles. The Labute approximate surface area is 238 Å². The SMILES string of the molecule is Cc1cc(F)ccc1C1C[C@@]2(CCC(C(=O)O)N2C)CCN1C(=O)N(C)[C@H](C)c1cc(C(F)(F)F)cc(C(F)(F)F)c1. The highest BCUT2D eigenvalue weighted by Crippen LogP contribution is 2.48. The second kappa shape index (κ2) is 11.1. The molecule has 2 aromatic carbocycles. The van der Waals surface area contributed by atoms with Gasteiger partial charge in [0.1, 0.15) is 11.9 Å². The summed E-state index contributed by atoms with van der Waals surface area (Å²) >= 11 is 0. The zero-order valence-electron chi connectivity index (χ0n) is 23.5. The summed E-state index contributed by atoms with van der Waals surface area (Å²) in [6, 6.07) is 2.19. The molecular formula is C29H32F7N3O3. The summed E-state index contributed by atoms with van der Waals surface area (Å²) in [5.74, 6) is -1.45. The molecule has 2 aliphatic rings. The summed E-state index contributed by atoms with van der Waals surface area (Å²) < 4.78 is 94.9. The first kappa shape index (κ1) is 31.6. The van der Waals surface area contributed by atoms with Crippen molar-refractivity contribution < 1.29 is 45.4 Å². The fraction of sp³-hybridized carbons (Fsp3) is 0.517. The largest absolute Gasteiger partial charge is 0.480 e. The van der Waals surface area contributed by atoms with Gasteiger partial charge in [0, 0.05) is 19.1 Å². The standard InChI is InChI=1S/C29H32F7N3O3/c1-16-11-21(30)5-6-22(16)24-15-27(8-7-23(25(40)41)38(27)4)9-10-39(24)26(42)37(3)17(2)18-12-19(28(31,32)33)14-20(13-18)29(34,35)36/h5-6,11-14,17,23-24H,7-10,15H2,1-4H3,(H,40,41)/t17-,23?,24?,27-/m1/s1. The number of urea groups is 1. The molecule has 2 amide bonds. The highest BCUT2D eigenvalue weighted by molar-refractivity contribution is 5.76. The predicted molar refractivity (Wildman–Crippen MR) is 139 cm³/mol. The smallest absolute Gasteiger partial charge is 0.416 e. The monoisotopic (exact) mass is 603 g/mol. The number of carboxylic acid groups (broad SMARTS) is 1. The Morgan fingerprint density at radius 1 is 1.02 bits per heavy atom. The Bertz CT molecular complexity index is 1330.